The van der Waals surface area contributed by atoms with Gasteiger partial charge in [-0.25, -0.2) is 0 Å². The number of halogens is 6. The molecule has 0 N–H and O–H groups in total. The number of hydrogen-bond acceptors (Lipinski definition) is 3. The lowest BCUT2D eigenvalue weighted by molar-refractivity contribution is -0.143. The highest BCUT2D eigenvalue weighted by molar-refractivity contribution is 5.97. The van der Waals surface area contributed by atoms with Crippen LogP contribution in [0.5, 0.6) is 0 Å². The molecule has 0 aliphatic rings. The molecule has 200 valence electrons. The molecule has 2 rings (SSSR count). The maximum atomic E-state index is 13.3. The largest absolute Gasteiger partial charge is 0.416 e. The molecule has 36 heavy (non-hydrogen) atoms. The van der Waals surface area contributed by atoms with Gasteiger partial charge in [-0.2, -0.15) is 26.3 Å². The fourth-order valence-corrected chi connectivity index (χ4v) is 3.48. The van der Waals surface area contributed by atoms with Gasteiger partial charge in [0.15, 0.2) is 0 Å². The Hall–Kier alpha value is -3.02. The van der Waals surface area contributed by atoms with Gasteiger partial charge in [-0.3, -0.25) is 9.59 Å². The number of methoxy groups -OCH3 is 1. The second-order valence-electron chi connectivity index (χ2n) is 8.29. The van der Waals surface area contributed by atoms with E-state index in [9.17, 15) is 35.9 Å². The molecule has 1 aromatic carbocycles. The maximum absolute atomic E-state index is 13.3. The summed E-state index contributed by atoms with van der Waals surface area (Å²) in [7, 11) is 3.24. The molecule has 0 unspecified atom stereocenters. The molecule has 1 heterocycles. The molecule has 0 atom stereocenters. The summed E-state index contributed by atoms with van der Waals surface area (Å²) in [5.74, 6) is -1.60. The average molecular weight is 522 g/mol. The molecular weight excluding hydrogens is 492 g/mol. The number of amides is 2. The van der Waals surface area contributed by atoms with Gasteiger partial charge in [0.25, 0.3) is 5.91 Å². The van der Waals surface area contributed by atoms with Crippen molar-refractivity contribution in [2.45, 2.75) is 38.7 Å². The lowest BCUT2D eigenvalue weighted by Gasteiger charge is -2.28. The third kappa shape index (κ3) is 8.00. The summed E-state index contributed by atoms with van der Waals surface area (Å²) in [6.45, 7) is 1.84. The first-order chi connectivity index (χ1) is 16.8. The Bertz CT molecular complexity index is 1000. The summed E-state index contributed by atoms with van der Waals surface area (Å²) in [6.07, 6.45) is -7.40. The van der Waals surface area contributed by atoms with E-state index in [0.717, 1.165) is 10.6 Å². The third-order valence-corrected chi connectivity index (χ3v) is 5.55. The summed E-state index contributed by atoms with van der Waals surface area (Å²) in [4.78, 5) is 28.7. The Labute approximate surface area is 205 Å². The van der Waals surface area contributed by atoms with Gasteiger partial charge in [0.05, 0.1) is 24.3 Å². The van der Waals surface area contributed by atoms with Crippen molar-refractivity contribution in [2.24, 2.45) is 7.05 Å². The van der Waals surface area contributed by atoms with Crippen LogP contribution in [0.4, 0.5) is 26.3 Å². The average Bonchev–Trinajstić information content (AvgIpc) is 3.21. The normalized spacial score (nSPS) is 12.0. The highest BCUT2D eigenvalue weighted by Gasteiger charge is 2.38. The number of carbonyl (C=O) groups excluding carboxylic acids is 2. The number of carbonyl (C=O) groups is 2. The summed E-state index contributed by atoms with van der Waals surface area (Å²) >= 11 is 0. The van der Waals surface area contributed by atoms with Crippen molar-refractivity contribution in [1.29, 1.82) is 0 Å². The van der Waals surface area contributed by atoms with Crippen LogP contribution in [0.15, 0.2) is 36.5 Å². The summed E-state index contributed by atoms with van der Waals surface area (Å²) in [5, 5.41) is 0. The number of unbranched alkanes of at least 4 members (excludes halogenated alkanes) is 1. The number of nitrogens with zero attached hydrogens (tertiary/aromatic N) is 3. The predicted molar refractivity (Wildman–Crippen MR) is 120 cm³/mol. The van der Waals surface area contributed by atoms with Crippen LogP contribution >= 0.6 is 0 Å². The molecule has 2 aromatic rings. The fourth-order valence-electron chi connectivity index (χ4n) is 3.48. The Balaban J connectivity index is 2.38. The van der Waals surface area contributed by atoms with Gasteiger partial charge in [-0.05, 0) is 36.8 Å². The third-order valence-electron chi connectivity index (χ3n) is 5.55. The van der Waals surface area contributed by atoms with E-state index in [2.05, 4.69) is 0 Å². The Morgan fingerprint density at radius 1 is 0.972 bits per heavy atom. The van der Waals surface area contributed by atoms with Crippen LogP contribution < -0.4 is 0 Å². The second-order valence-corrected chi connectivity index (χ2v) is 8.29. The summed E-state index contributed by atoms with van der Waals surface area (Å²) in [5.41, 5.74) is -3.17. The van der Waals surface area contributed by atoms with Crippen molar-refractivity contribution in [2.75, 3.05) is 33.4 Å². The van der Waals surface area contributed by atoms with E-state index >= 15 is 0 Å². The lowest BCUT2D eigenvalue weighted by atomic mass is 10.0. The lowest BCUT2D eigenvalue weighted by Crippen LogP contribution is -2.44. The minimum atomic E-state index is -5.09. The Morgan fingerprint density at radius 2 is 1.58 bits per heavy atom. The monoisotopic (exact) mass is 521 g/mol. The van der Waals surface area contributed by atoms with E-state index in [1.54, 1.807) is 36.9 Å². The van der Waals surface area contributed by atoms with Crippen molar-refractivity contribution in [3.05, 3.63) is 58.9 Å². The van der Waals surface area contributed by atoms with Crippen molar-refractivity contribution in [3.8, 4) is 0 Å². The van der Waals surface area contributed by atoms with Crippen LogP contribution in [0, 0.1) is 0 Å². The first kappa shape index (κ1) is 29.2. The van der Waals surface area contributed by atoms with Crippen LogP contribution in [0.2, 0.25) is 0 Å². The molecule has 12 heteroatoms. The number of benzene rings is 1. The molecule has 1 aromatic heterocycles. The van der Waals surface area contributed by atoms with Gasteiger partial charge in [-0.15, -0.1) is 0 Å². The van der Waals surface area contributed by atoms with Gasteiger partial charge < -0.3 is 19.1 Å². The molecule has 0 aliphatic heterocycles. The topological polar surface area (TPSA) is 54.8 Å². The highest BCUT2D eigenvalue weighted by Crippen LogP contribution is 2.36. The predicted octanol–water partition coefficient (Wildman–Crippen LogP) is 4.98. The first-order valence-corrected chi connectivity index (χ1v) is 11.2. The summed E-state index contributed by atoms with van der Waals surface area (Å²) < 4.78 is 86.6. The SMILES string of the molecule is CCCCN(CC(=O)N(CCOC)Cc1cccn1C)C(=O)c1cc(C(F)(F)F)cc(C(F)(F)F)c1. The Morgan fingerprint density at radius 3 is 2.06 bits per heavy atom. The van der Waals surface area contributed by atoms with E-state index in [1.807, 2.05) is 0 Å². The molecule has 0 aliphatic carbocycles. The number of aryl methyl sites for hydroxylation is 1. The molecule has 0 bridgehead atoms. The quantitative estimate of drug-likeness (QED) is 0.392. The second kappa shape index (κ2) is 12.3. The van der Waals surface area contributed by atoms with E-state index in [1.165, 1.54) is 12.0 Å². The van der Waals surface area contributed by atoms with E-state index in [0.29, 0.717) is 25.0 Å². The molecule has 0 spiro atoms. The van der Waals surface area contributed by atoms with Crippen LogP contribution in [0.25, 0.3) is 0 Å². The standard InChI is InChI=1S/C24H29F6N3O3/c1-4-5-9-33(16-21(34)32(10-11-36-3)15-20-7-6-8-31(20)2)22(35)17-12-18(23(25,26)27)14-19(13-17)24(28,29)30/h6-8,12-14H,4-5,9-11,15-16H2,1-3H3. The van der Waals surface area contributed by atoms with Crippen molar-refractivity contribution < 1.29 is 40.7 Å². The summed E-state index contributed by atoms with van der Waals surface area (Å²) in [6, 6.07) is 4.32. The van der Waals surface area contributed by atoms with E-state index in [4.69, 9.17) is 4.74 Å². The van der Waals surface area contributed by atoms with Gasteiger partial charge >= 0.3 is 12.4 Å². The van der Waals surface area contributed by atoms with Gasteiger partial charge in [-0.1, -0.05) is 13.3 Å². The molecule has 0 saturated carbocycles. The Kier molecular flexibility index (Phi) is 9.97. The van der Waals surface area contributed by atoms with Crippen LogP contribution in [0.3, 0.4) is 0 Å². The van der Waals surface area contributed by atoms with Crippen molar-refractivity contribution in [1.82, 2.24) is 14.4 Å². The number of rotatable bonds is 11. The van der Waals surface area contributed by atoms with E-state index < -0.39 is 47.4 Å². The number of alkyl halides is 6. The zero-order chi connectivity index (χ0) is 27.1. The number of aromatic nitrogens is 1. The van der Waals surface area contributed by atoms with Gasteiger partial charge in [0, 0.05) is 44.7 Å². The smallest absolute Gasteiger partial charge is 0.383 e. The van der Waals surface area contributed by atoms with Gasteiger partial charge in [0.1, 0.15) is 6.54 Å². The van der Waals surface area contributed by atoms with Crippen LogP contribution in [0.1, 0.15) is 46.9 Å². The van der Waals surface area contributed by atoms with Crippen LogP contribution in [-0.2, 0) is 35.5 Å². The maximum Gasteiger partial charge on any atom is 0.416 e. The van der Waals surface area contributed by atoms with Crippen molar-refractivity contribution in [3.63, 3.8) is 0 Å². The molecular formula is C24H29F6N3O3. The molecule has 0 radical (unpaired) electrons. The van der Waals surface area contributed by atoms with Crippen LogP contribution in [-0.4, -0.2) is 59.5 Å². The fraction of sp³-hybridized carbons (Fsp3) is 0.500. The molecule has 6 nitrogen and oxygen atoms in total. The van der Waals surface area contributed by atoms with Gasteiger partial charge in [0.2, 0.25) is 5.91 Å². The minimum Gasteiger partial charge on any atom is -0.383 e. The first-order valence-electron chi connectivity index (χ1n) is 11.2. The highest BCUT2D eigenvalue weighted by atomic mass is 19.4. The molecule has 2 amide bonds. The van der Waals surface area contributed by atoms with Crippen molar-refractivity contribution >= 4 is 11.8 Å². The molecule has 0 fully saturated rings. The number of hydrogen-bond donors (Lipinski definition) is 0. The minimum absolute atomic E-state index is 0.0130. The molecule has 0 saturated heterocycles. The zero-order valence-electron chi connectivity index (χ0n) is 20.2. The number of ether oxygens (including phenoxy) is 1. The van der Waals surface area contributed by atoms with E-state index in [-0.39, 0.29) is 32.3 Å². The zero-order valence-corrected chi connectivity index (χ0v) is 20.2.